The normalized spacial score (nSPS) is 10.6. The molecule has 0 aliphatic rings. The van der Waals surface area contributed by atoms with Gasteiger partial charge in [-0.1, -0.05) is 25.4 Å². The van der Waals surface area contributed by atoms with E-state index in [1.807, 2.05) is 18.2 Å². The fourth-order valence-corrected chi connectivity index (χ4v) is 2.48. The maximum absolute atomic E-state index is 11.6. The Balaban J connectivity index is 2.56. The minimum absolute atomic E-state index is 0.0122. The molecule has 1 aromatic carbocycles. The molecule has 0 aliphatic carbocycles. The number of hydrogen-bond donors (Lipinski definition) is 1. The smallest absolute Gasteiger partial charge is 0.234 e. The summed E-state index contributed by atoms with van der Waals surface area (Å²) in [5.41, 5.74) is 0.677. The van der Waals surface area contributed by atoms with Gasteiger partial charge in [-0.15, -0.1) is 11.8 Å². The molecule has 0 bridgehead atoms. The largest absolute Gasteiger partial charge is 0.324 e. The van der Waals surface area contributed by atoms with Gasteiger partial charge in [0, 0.05) is 3.57 Å². The van der Waals surface area contributed by atoms with Crippen LogP contribution in [0.4, 0.5) is 5.69 Å². The molecule has 5 heteroatoms. The molecule has 1 amide bonds. The molecule has 0 unspecified atom stereocenters. The van der Waals surface area contributed by atoms with Gasteiger partial charge >= 0.3 is 0 Å². The molecular formula is C11H13ClINOS. The molecule has 0 aliphatic heterocycles. The maximum atomic E-state index is 11.6. The van der Waals surface area contributed by atoms with Crippen molar-refractivity contribution in [3.63, 3.8) is 0 Å². The zero-order valence-electron chi connectivity index (χ0n) is 9.09. The van der Waals surface area contributed by atoms with Crippen LogP contribution in [0.5, 0.6) is 0 Å². The third kappa shape index (κ3) is 4.93. The van der Waals surface area contributed by atoms with Crippen molar-refractivity contribution < 1.29 is 4.79 Å². The van der Waals surface area contributed by atoms with Gasteiger partial charge in [-0.2, -0.15) is 0 Å². The Bertz CT molecular complexity index is 384. The van der Waals surface area contributed by atoms with Gasteiger partial charge in [0.1, 0.15) is 0 Å². The zero-order chi connectivity index (χ0) is 12.1. The van der Waals surface area contributed by atoms with Crippen LogP contribution < -0.4 is 5.32 Å². The highest BCUT2D eigenvalue weighted by molar-refractivity contribution is 14.1. The topological polar surface area (TPSA) is 29.1 Å². The van der Waals surface area contributed by atoms with E-state index in [-0.39, 0.29) is 5.91 Å². The van der Waals surface area contributed by atoms with Gasteiger partial charge in [-0.25, -0.2) is 0 Å². The van der Waals surface area contributed by atoms with Gasteiger partial charge in [-0.05, 0) is 46.0 Å². The van der Waals surface area contributed by atoms with E-state index in [1.54, 1.807) is 11.8 Å². The Hall–Kier alpha value is 0.0600. The number of carbonyl (C=O) groups excluding carboxylic acids is 1. The molecule has 1 N–H and O–H groups in total. The molecular weight excluding hydrogens is 357 g/mol. The first kappa shape index (κ1) is 14.1. The minimum atomic E-state index is -0.0122. The first-order chi connectivity index (χ1) is 7.49. The van der Waals surface area contributed by atoms with Crippen molar-refractivity contribution in [2.24, 2.45) is 0 Å². The van der Waals surface area contributed by atoms with Crippen molar-refractivity contribution in [3.8, 4) is 0 Å². The molecule has 1 rings (SSSR count). The first-order valence-corrected chi connectivity index (χ1v) is 7.36. The Labute approximate surface area is 119 Å². The van der Waals surface area contributed by atoms with Crippen molar-refractivity contribution in [1.82, 2.24) is 0 Å². The van der Waals surface area contributed by atoms with Gasteiger partial charge in [-0.3, -0.25) is 4.79 Å². The molecule has 0 atom stereocenters. The van der Waals surface area contributed by atoms with Gasteiger partial charge in [0.2, 0.25) is 5.91 Å². The SMILES string of the molecule is CC(C)SCC(=O)Nc1ccc(I)cc1Cl. The summed E-state index contributed by atoms with van der Waals surface area (Å²) in [6, 6.07) is 5.56. The number of rotatable bonds is 4. The monoisotopic (exact) mass is 369 g/mol. The van der Waals surface area contributed by atoms with Crippen LogP contribution in [0.25, 0.3) is 0 Å². The summed E-state index contributed by atoms with van der Waals surface area (Å²) in [6.45, 7) is 4.13. The summed E-state index contributed by atoms with van der Waals surface area (Å²) in [7, 11) is 0. The average molecular weight is 370 g/mol. The summed E-state index contributed by atoms with van der Waals surface area (Å²) in [5, 5.41) is 3.83. The fraction of sp³-hybridized carbons (Fsp3) is 0.364. The summed E-state index contributed by atoms with van der Waals surface area (Å²) in [5.74, 6) is 0.446. The molecule has 0 radical (unpaired) electrons. The van der Waals surface area contributed by atoms with Crippen LogP contribution in [0.1, 0.15) is 13.8 Å². The van der Waals surface area contributed by atoms with Crippen molar-refractivity contribution in [1.29, 1.82) is 0 Å². The third-order valence-electron chi connectivity index (χ3n) is 1.75. The summed E-state index contributed by atoms with van der Waals surface area (Å²) < 4.78 is 1.05. The lowest BCUT2D eigenvalue weighted by molar-refractivity contribution is -0.113. The van der Waals surface area contributed by atoms with Crippen LogP contribution in [0.3, 0.4) is 0 Å². The Morgan fingerprint density at radius 3 is 2.81 bits per heavy atom. The van der Waals surface area contributed by atoms with Crippen molar-refractivity contribution in [2.45, 2.75) is 19.1 Å². The fourth-order valence-electron chi connectivity index (χ4n) is 1.02. The highest BCUT2D eigenvalue weighted by atomic mass is 127. The molecule has 0 heterocycles. The lowest BCUT2D eigenvalue weighted by Crippen LogP contribution is -2.15. The van der Waals surface area contributed by atoms with Gasteiger partial charge in [0.15, 0.2) is 0 Å². The minimum Gasteiger partial charge on any atom is -0.324 e. The standard InChI is InChI=1S/C11H13ClINOS/c1-7(2)16-6-11(15)14-10-4-3-8(13)5-9(10)12/h3-5,7H,6H2,1-2H3,(H,14,15). The summed E-state index contributed by atoms with van der Waals surface area (Å²) in [4.78, 5) is 11.6. The highest BCUT2D eigenvalue weighted by Crippen LogP contribution is 2.24. The number of nitrogens with one attached hydrogen (secondary N) is 1. The molecule has 1 aromatic rings. The quantitative estimate of drug-likeness (QED) is 0.812. The summed E-state index contributed by atoms with van der Waals surface area (Å²) in [6.07, 6.45) is 0. The Morgan fingerprint density at radius 1 is 1.56 bits per heavy atom. The molecule has 0 fully saturated rings. The number of benzene rings is 1. The Kier molecular flexibility index (Phi) is 5.92. The third-order valence-corrected chi connectivity index (χ3v) is 3.83. The molecule has 2 nitrogen and oxygen atoms in total. The lowest BCUT2D eigenvalue weighted by Gasteiger charge is -2.08. The molecule has 0 saturated carbocycles. The number of carbonyl (C=O) groups is 1. The van der Waals surface area contributed by atoms with Crippen LogP contribution in [-0.4, -0.2) is 16.9 Å². The lowest BCUT2D eigenvalue weighted by atomic mass is 10.3. The van der Waals surface area contributed by atoms with E-state index < -0.39 is 0 Å². The zero-order valence-corrected chi connectivity index (χ0v) is 12.8. The number of halogens is 2. The molecule has 0 spiro atoms. The highest BCUT2D eigenvalue weighted by Gasteiger charge is 2.07. The van der Waals surface area contributed by atoms with Gasteiger partial charge in [0.25, 0.3) is 0 Å². The van der Waals surface area contributed by atoms with Crippen LogP contribution >= 0.6 is 46.0 Å². The molecule has 0 saturated heterocycles. The number of thioether (sulfide) groups is 1. The average Bonchev–Trinajstić information content (AvgIpc) is 2.19. The van der Waals surface area contributed by atoms with Crippen molar-refractivity contribution >= 4 is 57.5 Å². The van der Waals surface area contributed by atoms with Crippen LogP contribution in [0, 0.1) is 3.57 Å². The van der Waals surface area contributed by atoms with E-state index in [4.69, 9.17) is 11.6 Å². The van der Waals surface area contributed by atoms with E-state index in [2.05, 4.69) is 41.8 Å². The van der Waals surface area contributed by atoms with Crippen LogP contribution in [-0.2, 0) is 4.79 Å². The Morgan fingerprint density at radius 2 is 2.25 bits per heavy atom. The molecule has 88 valence electrons. The second-order valence-corrected chi connectivity index (χ2v) is 6.75. The van der Waals surface area contributed by atoms with E-state index in [0.29, 0.717) is 21.7 Å². The van der Waals surface area contributed by atoms with E-state index >= 15 is 0 Å². The predicted molar refractivity (Wildman–Crippen MR) is 80.4 cm³/mol. The van der Waals surface area contributed by atoms with Crippen molar-refractivity contribution in [3.05, 3.63) is 26.8 Å². The van der Waals surface area contributed by atoms with Gasteiger partial charge in [0.05, 0.1) is 16.5 Å². The number of hydrogen-bond acceptors (Lipinski definition) is 2. The second kappa shape index (κ2) is 6.71. The summed E-state index contributed by atoms with van der Waals surface area (Å²) >= 11 is 9.80. The van der Waals surface area contributed by atoms with Crippen molar-refractivity contribution in [2.75, 3.05) is 11.1 Å². The second-order valence-electron chi connectivity index (χ2n) is 3.53. The number of anilines is 1. The van der Waals surface area contributed by atoms with E-state index in [0.717, 1.165) is 3.57 Å². The maximum Gasteiger partial charge on any atom is 0.234 e. The number of amides is 1. The predicted octanol–water partition coefficient (Wildman–Crippen LogP) is 4.02. The van der Waals surface area contributed by atoms with Crippen LogP contribution in [0.2, 0.25) is 5.02 Å². The van der Waals surface area contributed by atoms with E-state index in [9.17, 15) is 4.79 Å². The molecule has 16 heavy (non-hydrogen) atoms. The first-order valence-electron chi connectivity index (χ1n) is 4.85. The van der Waals surface area contributed by atoms with Crippen LogP contribution in [0.15, 0.2) is 18.2 Å². The van der Waals surface area contributed by atoms with Gasteiger partial charge < -0.3 is 5.32 Å². The van der Waals surface area contributed by atoms with E-state index in [1.165, 1.54) is 0 Å². The molecule has 0 aromatic heterocycles.